The van der Waals surface area contributed by atoms with E-state index in [1.54, 1.807) is 0 Å². The van der Waals surface area contributed by atoms with E-state index >= 15 is 0 Å². The van der Waals surface area contributed by atoms with E-state index in [-0.39, 0.29) is 17.0 Å². The summed E-state index contributed by atoms with van der Waals surface area (Å²) in [5.74, 6) is -0.0903. The Morgan fingerprint density at radius 1 is 1.27 bits per heavy atom. The van der Waals surface area contributed by atoms with E-state index in [0.29, 0.717) is 6.42 Å². The molecule has 1 aliphatic carbocycles. The predicted octanol–water partition coefficient (Wildman–Crippen LogP) is 2.21. The SMILES string of the molecule is CC(C)(C)C1=C(O)C(=O)CC1. The lowest BCUT2D eigenvalue weighted by Crippen LogP contribution is -2.09. The molecule has 1 aliphatic rings. The molecule has 0 radical (unpaired) electrons. The van der Waals surface area contributed by atoms with Gasteiger partial charge >= 0.3 is 0 Å². The van der Waals surface area contributed by atoms with Crippen LogP contribution >= 0.6 is 0 Å². The van der Waals surface area contributed by atoms with Gasteiger partial charge in [0.15, 0.2) is 11.5 Å². The number of carbonyl (C=O) groups excluding carboxylic acids is 1. The minimum atomic E-state index is -0.102. The first-order valence-electron chi connectivity index (χ1n) is 3.88. The molecule has 0 aliphatic heterocycles. The van der Waals surface area contributed by atoms with Gasteiger partial charge in [-0.2, -0.15) is 0 Å². The highest BCUT2D eigenvalue weighted by atomic mass is 16.3. The van der Waals surface area contributed by atoms with E-state index in [9.17, 15) is 9.90 Å². The molecule has 1 rings (SSSR count). The molecule has 0 fully saturated rings. The third-order valence-electron chi connectivity index (χ3n) is 2.06. The van der Waals surface area contributed by atoms with E-state index in [4.69, 9.17) is 0 Å². The molecule has 0 aromatic rings. The van der Waals surface area contributed by atoms with E-state index in [0.717, 1.165) is 12.0 Å². The highest BCUT2D eigenvalue weighted by Gasteiger charge is 2.29. The van der Waals surface area contributed by atoms with Crippen molar-refractivity contribution < 1.29 is 9.90 Å². The summed E-state index contributed by atoms with van der Waals surface area (Å²) in [6.45, 7) is 6.03. The number of carbonyl (C=O) groups is 1. The van der Waals surface area contributed by atoms with Gasteiger partial charge in [-0.25, -0.2) is 0 Å². The fourth-order valence-electron chi connectivity index (χ4n) is 1.37. The standard InChI is InChI=1S/C9H14O2/c1-9(2,3)6-4-5-7(10)8(6)11/h11H,4-5H2,1-3H3. The maximum absolute atomic E-state index is 10.9. The molecule has 0 saturated carbocycles. The van der Waals surface area contributed by atoms with Crippen molar-refractivity contribution in [3.63, 3.8) is 0 Å². The number of rotatable bonds is 0. The van der Waals surface area contributed by atoms with Crippen LogP contribution in [0, 0.1) is 5.41 Å². The van der Waals surface area contributed by atoms with Crippen LogP contribution in [0.4, 0.5) is 0 Å². The van der Waals surface area contributed by atoms with E-state index in [2.05, 4.69) is 0 Å². The second-order valence-electron chi connectivity index (χ2n) is 4.00. The van der Waals surface area contributed by atoms with Crippen LogP contribution in [-0.2, 0) is 4.79 Å². The van der Waals surface area contributed by atoms with Gasteiger partial charge in [0.25, 0.3) is 0 Å². The topological polar surface area (TPSA) is 37.3 Å². The van der Waals surface area contributed by atoms with Crippen molar-refractivity contribution in [3.05, 3.63) is 11.3 Å². The zero-order valence-electron chi connectivity index (χ0n) is 7.27. The zero-order valence-corrected chi connectivity index (χ0v) is 7.27. The number of aliphatic hydroxyl groups is 1. The summed E-state index contributed by atoms with van der Waals surface area (Å²) < 4.78 is 0. The van der Waals surface area contributed by atoms with Crippen LogP contribution in [0.25, 0.3) is 0 Å². The van der Waals surface area contributed by atoms with Crippen LogP contribution in [0.5, 0.6) is 0 Å². The van der Waals surface area contributed by atoms with Gasteiger partial charge in [0.1, 0.15) is 0 Å². The Bertz CT molecular complexity index is 218. The molecule has 0 aromatic heterocycles. The van der Waals surface area contributed by atoms with Gasteiger partial charge in [-0.05, 0) is 17.4 Å². The van der Waals surface area contributed by atoms with Crippen LogP contribution in [0.3, 0.4) is 0 Å². The molecule has 2 heteroatoms. The highest BCUT2D eigenvalue weighted by molar-refractivity contribution is 5.96. The van der Waals surface area contributed by atoms with Gasteiger partial charge in [0.05, 0.1) is 0 Å². The van der Waals surface area contributed by atoms with Crippen molar-refractivity contribution in [3.8, 4) is 0 Å². The van der Waals surface area contributed by atoms with E-state index in [1.807, 2.05) is 20.8 Å². The Hall–Kier alpha value is -0.790. The Labute approximate surface area is 66.9 Å². The van der Waals surface area contributed by atoms with Crippen molar-refractivity contribution in [1.29, 1.82) is 0 Å². The predicted molar refractivity (Wildman–Crippen MR) is 43.4 cm³/mol. The summed E-state index contributed by atoms with van der Waals surface area (Å²) in [6, 6.07) is 0. The summed E-state index contributed by atoms with van der Waals surface area (Å²) in [5, 5.41) is 9.32. The molecule has 11 heavy (non-hydrogen) atoms. The molecule has 0 amide bonds. The van der Waals surface area contributed by atoms with Crippen molar-refractivity contribution in [1.82, 2.24) is 0 Å². The Balaban J connectivity index is 2.98. The van der Waals surface area contributed by atoms with Crippen LogP contribution in [-0.4, -0.2) is 10.9 Å². The number of ketones is 1. The van der Waals surface area contributed by atoms with Gasteiger partial charge in [0.2, 0.25) is 0 Å². The molecule has 1 N–H and O–H groups in total. The van der Waals surface area contributed by atoms with E-state index in [1.165, 1.54) is 0 Å². The van der Waals surface area contributed by atoms with E-state index < -0.39 is 0 Å². The summed E-state index contributed by atoms with van der Waals surface area (Å²) in [7, 11) is 0. The minimum Gasteiger partial charge on any atom is -0.504 e. The third-order valence-corrected chi connectivity index (χ3v) is 2.06. The van der Waals surface area contributed by atoms with Crippen LogP contribution < -0.4 is 0 Å². The summed E-state index contributed by atoms with van der Waals surface area (Å²) in [4.78, 5) is 10.9. The maximum atomic E-state index is 10.9. The number of allylic oxidation sites excluding steroid dienone is 2. The zero-order chi connectivity index (χ0) is 8.65. The van der Waals surface area contributed by atoms with Crippen molar-refractivity contribution in [2.45, 2.75) is 33.6 Å². The Kier molecular flexibility index (Phi) is 1.78. The summed E-state index contributed by atoms with van der Waals surface area (Å²) in [6.07, 6.45) is 1.21. The summed E-state index contributed by atoms with van der Waals surface area (Å²) >= 11 is 0. The van der Waals surface area contributed by atoms with Crippen molar-refractivity contribution >= 4 is 5.78 Å². The Morgan fingerprint density at radius 3 is 2.00 bits per heavy atom. The molecular formula is C9H14O2. The number of hydrogen-bond acceptors (Lipinski definition) is 2. The number of aliphatic hydroxyl groups excluding tert-OH is 1. The molecule has 62 valence electrons. The van der Waals surface area contributed by atoms with Crippen molar-refractivity contribution in [2.24, 2.45) is 5.41 Å². The lowest BCUT2D eigenvalue weighted by Gasteiger charge is -2.19. The monoisotopic (exact) mass is 154 g/mol. The number of hydrogen-bond donors (Lipinski definition) is 1. The highest BCUT2D eigenvalue weighted by Crippen LogP contribution is 2.35. The van der Waals surface area contributed by atoms with Gasteiger partial charge < -0.3 is 5.11 Å². The second kappa shape index (κ2) is 2.36. The lowest BCUT2D eigenvalue weighted by atomic mass is 9.86. The third kappa shape index (κ3) is 1.44. The molecule has 0 bridgehead atoms. The molecule has 2 nitrogen and oxygen atoms in total. The molecular weight excluding hydrogens is 140 g/mol. The smallest absolute Gasteiger partial charge is 0.197 e. The Morgan fingerprint density at radius 2 is 1.82 bits per heavy atom. The van der Waals surface area contributed by atoms with Crippen molar-refractivity contribution in [2.75, 3.05) is 0 Å². The fraction of sp³-hybridized carbons (Fsp3) is 0.667. The first-order chi connectivity index (χ1) is 4.93. The molecule has 0 spiro atoms. The van der Waals surface area contributed by atoms with Gasteiger partial charge in [-0.3, -0.25) is 4.79 Å². The first kappa shape index (κ1) is 8.31. The normalized spacial score (nSPS) is 19.7. The second-order valence-corrected chi connectivity index (χ2v) is 4.00. The quantitative estimate of drug-likeness (QED) is 0.580. The average molecular weight is 154 g/mol. The van der Waals surface area contributed by atoms with Gasteiger partial charge in [0, 0.05) is 6.42 Å². The molecule has 0 aromatic carbocycles. The largest absolute Gasteiger partial charge is 0.504 e. The minimum absolute atomic E-state index is 0.0116. The first-order valence-corrected chi connectivity index (χ1v) is 3.88. The van der Waals surface area contributed by atoms with Crippen LogP contribution in [0.15, 0.2) is 11.3 Å². The van der Waals surface area contributed by atoms with Crippen LogP contribution in [0.2, 0.25) is 0 Å². The molecule has 0 atom stereocenters. The van der Waals surface area contributed by atoms with Gasteiger partial charge in [-0.1, -0.05) is 20.8 Å². The maximum Gasteiger partial charge on any atom is 0.197 e. The number of Topliss-reactive ketones (excluding diaryl/α,β-unsaturated/α-hetero) is 1. The van der Waals surface area contributed by atoms with Gasteiger partial charge in [-0.15, -0.1) is 0 Å². The lowest BCUT2D eigenvalue weighted by molar-refractivity contribution is -0.117. The molecule has 0 saturated heterocycles. The fourth-order valence-corrected chi connectivity index (χ4v) is 1.37. The molecule has 0 unspecified atom stereocenters. The average Bonchev–Trinajstić information content (AvgIpc) is 2.11. The van der Waals surface area contributed by atoms with Crippen LogP contribution in [0.1, 0.15) is 33.6 Å². The summed E-state index contributed by atoms with van der Waals surface area (Å²) in [5.41, 5.74) is 0.846. The molecule has 0 heterocycles.